The van der Waals surface area contributed by atoms with Crippen LogP contribution in [0.3, 0.4) is 0 Å². The first-order chi connectivity index (χ1) is 9.73. The van der Waals surface area contributed by atoms with Gasteiger partial charge in [0.25, 0.3) is 5.56 Å². The van der Waals surface area contributed by atoms with Gasteiger partial charge in [0.1, 0.15) is 5.15 Å². The summed E-state index contributed by atoms with van der Waals surface area (Å²) >= 11 is 7.51. The molecular weight excluding hydrogens is 310 g/mol. The molecule has 0 aliphatic rings. The van der Waals surface area contributed by atoms with Gasteiger partial charge in [-0.1, -0.05) is 25.4 Å². The summed E-state index contributed by atoms with van der Waals surface area (Å²) in [5.74, 6) is -0.0652. The molecule has 21 heavy (non-hydrogen) atoms. The molecule has 0 fully saturated rings. The number of aryl methyl sites for hydroxylation is 2. The Morgan fingerprint density at radius 1 is 1.24 bits per heavy atom. The molecular formula is C14H18ClN3O2S. The molecule has 1 unspecified atom stereocenters. The average Bonchev–Trinajstić information content (AvgIpc) is 2.66. The quantitative estimate of drug-likeness (QED) is 0.881. The maximum Gasteiger partial charge on any atom is 0.330 e. The molecule has 0 aliphatic carbocycles. The standard InChI is InChI=1S/C14H18ClN3O2S/c1-6(2)10-12(15)17-14(20)18(13(10)19)8(4)11-7(3)16-9(5)21-11/h6,8H,1-5H3,(H,17,20). The van der Waals surface area contributed by atoms with Gasteiger partial charge in [-0.3, -0.25) is 14.3 Å². The number of aromatic nitrogens is 3. The van der Waals surface area contributed by atoms with Crippen molar-refractivity contribution in [2.45, 2.75) is 46.6 Å². The highest BCUT2D eigenvalue weighted by atomic mass is 35.5. The SMILES string of the molecule is Cc1nc(C)c(C(C)n2c(=O)[nH]c(Cl)c(C(C)C)c2=O)s1. The number of halogens is 1. The summed E-state index contributed by atoms with van der Waals surface area (Å²) in [5.41, 5.74) is 0.448. The van der Waals surface area contributed by atoms with Crippen LogP contribution in [0.5, 0.6) is 0 Å². The summed E-state index contributed by atoms with van der Waals surface area (Å²) in [6.07, 6.45) is 0. The number of thiazole rings is 1. The van der Waals surface area contributed by atoms with Crippen molar-refractivity contribution in [2.75, 3.05) is 0 Å². The predicted molar refractivity (Wildman–Crippen MR) is 85.8 cm³/mol. The number of nitrogens with one attached hydrogen (secondary N) is 1. The first-order valence-corrected chi connectivity index (χ1v) is 7.91. The lowest BCUT2D eigenvalue weighted by Gasteiger charge is -2.16. The van der Waals surface area contributed by atoms with Crippen LogP contribution in [0.1, 0.15) is 53.9 Å². The summed E-state index contributed by atoms with van der Waals surface area (Å²) in [5, 5.41) is 1.04. The van der Waals surface area contributed by atoms with Crippen molar-refractivity contribution in [3.63, 3.8) is 0 Å². The van der Waals surface area contributed by atoms with E-state index in [4.69, 9.17) is 11.6 Å². The zero-order valence-corrected chi connectivity index (χ0v) is 14.2. The van der Waals surface area contributed by atoms with E-state index < -0.39 is 5.69 Å². The average molecular weight is 328 g/mol. The molecule has 0 saturated carbocycles. The second-order valence-electron chi connectivity index (χ2n) is 5.35. The molecule has 0 saturated heterocycles. The van der Waals surface area contributed by atoms with Crippen LogP contribution < -0.4 is 11.2 Å². The van der Waals surface area contributed by atoms with Gasteiger partial charge in [-0.2, -0.15) is 0 Å². The Morgan fingerprint density at radius 2 is 1.86 bits per heavy atom. The topological polar surface area (TPSA) is 67.8 Å². The van der Waals surface area contributed by atoms with Crippen molar-refractivity contribution in [3.8, 4) is 0 Å². The molecule has 5 nitrogen and oxygen atoms in total. The normalized spacial score (nSPS) is 12.9. The fourth-order valence-electron chi connectivity index (χ4n) is 2.44. The van der Waals surface area contributed by atoms with Gasteiger partial charge in [0.15, 0.2) is 0 Å². The summed E-state index contributed by atoms with van der Waals surface area (Å²) in [6, 6.07) is -0.373. The lowest BCUT2D eigenvalue weighted by atomic mass is 10.1. The maximum atomic E-state index is 12.6. The first-order valence-electron chi connectivity index (χ1n) is 6.72. The highest BCUT2D eigenvalue weighted by Gasteiger charge is 2.22. The van der Waals surface area contributed by atoms with Crippen molar-refractivity contribution < 1.29 is 0 Å². The molecule has 0 amide bonds. The Morgan fingerprint density at radius 3 is 2.33 bits per heavy atom. The van der Waals surface area contributed by atoms with Crippen molar-refractivity contribution in [1.29, 1.82) is 0 Å². The van der Waals surface area contributed by atoms with Crippen LogP contribution >= 0.6 is 22.9 Å². The highest BCUT2D eigenvalue weighted by molar-refractivity contribution is 7.11. The minimum absolute atomic E-state index is 0.0652. The van der Waals surface area contributed by atoms with E-state index in [-0.39, 0.29) is 22.7 Å². The van der Waals surface area contributed by atoms with Crippen LogP contribution in [0.2, 0.25) is 5.15 Å². The van der Waals surface area contributed by atoms with Gasteiger partial charge in [-0.15, -0.1) is 11.3 Å². The summed E-state index contributed by atoms with van der Waals surface area (Å²) in [7, 11) is 0. The van der Waals surface area contributed by atoms with Crippen molar-refractivity contribution in [1.82, 2.24) is 14.5 Å². The van der Waals surface area contributed by atoms with E-state index in [2.05, 4.69) is 9.97 Å². The van der Waals surface area contributed by atoms with Gasteiger partial charge in [0.05, 0.1) is 27.2 Å². The van der Waals surface area contributed by atoms with E-state index in [0.717, 1.165) is 15.6 Å². The third-order valence-corrected chi connectivity index (χ3v) is 4.95. The van der Waals surface area contributed by atoms with Gasteiger partial charge in [0, 0.05) is 0 Å². The molecule has 2 aromatic heterocycles. The van der Waals surface area contributed by atoms with Gasteiger partial charge < -0.3 is 0 Å². The molecule has 0 aromatic carbocycles. The molecule has 0 radical (unpaired) electrons. The number of rotatable bonds is 3. The van der Waals surface area contributed by atoms with E-state index in [9.17, 15) is 9.59 Å². The van der Waals surface area contributed by atoms with Gasteiger partial charge >= 0.3 is 5.69 Å². The van der Waals surface area contributed by atoms with E-state index in [0.29, 0.717) is 5.56 Å². The van der Waals surface area contributed by atoms with Crippen LogP contribution in [0, 0.1) is 13.8 Å². The Hall–Kier alpha value is -1.40. The van der Waals surface area contributed by atoms with Gasteiger partial charge in [-0.25, -0.2) is 9.78 Å². The molecule has 0 aliphatic heterocycles. The Kier molecular flexibility index (Phi) is 4.39. The second-order valence-corrected chi connectivity index (χ2v) is 6.96. The zero-order valence-electron chi connectivity index (χ0n) is 12.7. The Balaban J connectivity index is 2.70. The largest absolute Gasteiger partial charge is 0.330 e. The van der Waals surface area contributed by atoms with E-state index >= 15 is 0 Å². The number of nitrogens with zero attached hydrogens (tertiary/aromatic N) is 2. The van der Waals surface area contributed by atoms with Crippen molar-refractivity contribution >= 4 is 22.9 Å². The minimum Gasteiger partial charge on any atom is -0.297 e. The fraction of sp³-hybridized carbons (Fsp3) is 0.500. The third kappa shape index (κ3) is 2.82. The molecule has 0 bridgehead atoms. The van der Waals surface area contributed by atoms with Gasteiger partial charge in [-0.05, 0) is 26.7 Å². The van der Waals surface area contributed by atoms with Crippen molar-refractivity contribution in [3.05, 3.63) is 47.1 Å². The molecule has 1 N–H and O–H groups in total. The summed E-state index contributed by atoms with van der Waals surface area (Å²) in [4.78, 5) is 32.6. The molecule has 2 rings (SSSR count). The smallest absolute Gasteiger partial charge is 0.297 e. The maximum absolute atomic E-state index is 12.6. The molecule has 1 atom stereocenters. The monoisotopic (exact) mass is 327 g/mol. The number of aromatic amines is 1. The number of hydrogen-bond acceptors (Lipinski definition) is 4. The van der Waals surface area contributed by atoms with Crippen LogP contribution in [0.15, 0.2) is 9.59 Å². The van der Waals surface area contributed by atoms with Crippen LogP contribution in [0.4, 0.5) is 0 Å². The lowest BCUT2D eigenvalue weighted by Crippen LogP contribution is -2.40. The Labute approximate surface area is 131 Å². The fourth-order valence-corrected chi connectivity index (χ4v) is 3.79. The van der Waals surface area contributed by atoms with E-state index in [1.54, 1.807) is 0 Å². The third-order valence-electron chi connectivity index (χ3n) is 3.40. The number of H-pyrrole nitrogens is 1. The van der Waals surface area contributed by atoms with E-state index in [1.165, 1.54) is 15.9 Å². The summed E-state index contributed by atoms with van der Waals surface area (Å²) in [6.45, 7) is 9.36. The predicted octanol–water partition coefficient (Wildman–Crippen LogP) is 3.00. The zero-order chi connectivity index (χ0) is 15.9. The van der Waals surface area contributed by atoms with E-state index in [1.807, 2.05) is 34.6 Å². The van der Waals surface area contributed by atoms with Crippen LogP contribution in [0.25, 0.3) is 0 Å². The number of hydrogen-bond donors (Lipinski definition) is 1. The van der Waals surface area contributed by atoms with Crippen molar-refractivity contribution in [2.24, 2.45) is 0 Å². The molecule has 0 spiro atoms. The first kappa shape index (κ1) is 16.0. The minimum atomic E-state index is -0.493. The second kappa shape index (κ2) is 5.77. The highest BCUT2D eigenvalue weighted by Crippen LogP contribution is 2.26. The molecule has 2 heterocycles. The molecule has 2 aromatic rings. The molecule has 114 valence electrons. The summed E-state index contributed by atoms with van der Waals surface area (Å²) < 4.78 is 1.22. The van der Waals surface area contributed by atoms with Crippen LogP contribution in [-0.4, -0.2) is 14.5 Å². The molecule has 7 heteroatoms. The van der Waals surface area contributed by atoms with Gasteiger partial charge in [0.2, 0.25) is 0 Å². The Bertz CT molecular complexity index is 788. The lowest BCUT2D eigenvalue weighted by molar-refractivity contribution is 0.571. The van der Waals surface area contributed by atoms with Crippen LogP contribution in [-0.2, 0) is 0 Å².